The number of hydrogen-bond acceptors (Lipinski definition) is 3. The molecule has 0 aromatic heterocycles. The minimum Gasteiger partial charge on any atom is -0.339 e. The van der Waals surface area contributed by atoms with E-state index in [1.165, 1.54) is 32.1 Å². The van der Waals surface area contributed by atoms with Crippen LogP contribution in [0.2, 0.25) is 0 Å². The van der Waals surface area contributed by atoms with E-state index in [9.17, 15) is 9.59 Å². The Balaban J connectivity index is 1.86. The van der Waals surface area contributed by atoms with Gasteiger partial charge in [0, 0.05) is 30.4 Å². The van der Waals surface area contributed by atoms with Crippen LogP contribution in [0.1, 0.15) is 69.2 Å². The summed E-state index contributed by atoms with van der Waals surface area (Å²) in [6.45, 7) is 5.61. The third-order valence-corrected chi connectivity index (χ3v) is 5.10. The molecular formula is C21H33N3O2. The highest BCUT2D eigenvalue weighted by Gasteiger charge is 2.14. The summed E-state index contributed by atoms with van der Waals surface area (Å²) < 4.78 is 0. The van der Waals surface area contributed by atoms with Gasteiger partial charge < -0.3 is 15.5 Å². The Morgan fingerprint density at radius 1 is 1.04 bits per heavy atom. The molecule has 1 aromatic rings. The third kappa shape index (κ3) is 6.45. The molecular weight excluding hydrogens is 326 g/mol. The van der Waals surface area contributed by atoms with E-state index in [-0.39, 0.29) is 11.8 Å². The molecule has 1 saturated carbocycles. The van der Waals surface area contributed by atoms with E-state index in [1.54, 1.807) is 17.0 Å². The monoisotopic (exact) mass is 359 g/mol. The average Bonchev–Trinajstić information content (AvgIpc) is 2.62. The van der Waals surface area contributed by atoms with Gasteiger partial charge in [-0.25, -0.2) is 0 Å². The van der Waals surface area contributed by atoms with Crippen LogP contribution < -0.4 is 10.6 Å². The largest absolute Gasteiger partial charge is 0.339 e. The first-order valence-corrected chi connectivity index (χ1v) is 10.1. The minimum atomic E-state index is -0.0560. The molecule has 0 atom stereocenters. The summed E-state index contributed by atoms with van der Waals surface area (Å²) in [5.41, 5.74) is 1.28. The highest BCUT2D eigenvalue weighted by Crippen LogP contribution is 2.17. The quantitative estimate of drug-likeness (QED) is 0.778. The van der Waals surface area contributed by atoms with Crippen molar-refractivity contribution in [3.8, 4) is 0 Å². The van der Waals surface area contributed by atoms with Crippen LogP contribution in [-0.4, -0.2) is 42.4 Å². The molecule has 0 radical (unpaired) electrons. The molecule has 2 N–H and O–H groups in total. The summed E-state index contributed by atoms with van der Waals surface area (Å²) in [4.78, 5) is 26.5. The zero-order valence-electron chi connectivity index (χ0n) is 16.2. The second-order valence-corrected chi connectivity index (χ2v) is 7.03. The maximum Gasteiger partial charge on any atom is 0.253 e. The predicted octanol–water partition coefficient (Wildman–Crippen LogP) is 3.81. The van der Waals surface area contributed by atoms with Crippen LogP contribution in [-0.2, 0) is 4.79 Å². The average molecular weight is 360 g/mol. The zero-order valence-corrected chi connectivity index (χ0v) is 16.2. The van der Waals surface area contributed by atoms with Crippen LogP contribution in [0.3, 0.4) is 0 Å². The van der Waals surface area contributed by atoms with Crippen molar-refractivity contribution in [1.29, 1.82) is 0 Å². The van der Waals surface area contributed by atoms with Crippen molar-refractivity contribution < 1.29 is 9.59 Å². The molecule has 0 unspecified atom stereocenters. The molecule has 26 heavy (non-hydrogen) atoms. The molecule has 5 nitrogen and oxygen atoms in total. The van der Waals surface area contributed by atoms with Gasteiger partial charge in [0.2, 0.25) is 5.91 Å². The SMILES string of the molecule is CCN(CC)C(=O)c1cccc(NC(=O)CNC2CCCCCCC2)c1. The zero-order chi connectivity index (χ0) is 18.8. The van der Waals surface area contributed by atoms with Crippen LogP contribution in [0.5, 0.6) is 0 Å². The number of hydrogen-bond donors (Lipinski definition) is 2. The normalized spacial score (nSPS) is 15.8. The predicted molar refractivity (Wildman–Crippen MR) is 106 cm³/mol. The van der Waals surface area contributed by atoms with Gasteiger partial charge in [0.15, 0.2) is 0 Å². The fourth-order valence-electron chi connectivity index (χ4n) is 3.53. The van der Waals surface area contributed by atoms with Crippen molar-refractivity contribution in [2.24, 2.45) is 0 Å². The van der Waals surface area contributed by atoms with Crippen LogP contribution >= 0.6 is 0 Å². The molecule has 1 aliphatic carbocycles. The molecule has 144 valence electrons. The number of carbonyl (C=O) groups is 2. The van der Waals surface area contributed by atoms with Crippen LogP contribution in [0.15, 0.2) is 24.3 Å². The van der Waals surface area contributed by atoms with Gasteiger partial charge >= 0.3 is 0 Å². The molecule has 1 fully saturated rings. The van der Waals surface area contributed by atoms with Crippen LogP contribution in [0.25, 0.3) is 0 Å². The van der Waals surface area contributed by atoms with E-state index in [2.05, 4.69) is 10.6 Å². The lowest BCUT2D eigenvalue weighted by Crippen LogP contribution is -2.36. The highest BCUT2D eigenvalue weighted by atomic mass is 16.2. The number of nitrogens with zero attached hydrogens (tertiary/aromatic N) is 1. The van der Waals surface area contributed by atoms with Crippen molar-refractivity contribution in [1.82, 2.24) is 10.2 Å². The molecule has 0 aliphatic heterocycles. The van der Waals surface area contributed by atoms with Gasteiger partial charge in [-0.05, 0) is 44.9 Å². The molecule has 0 saturated heterocycles. The lowest BCUT2D eigenvalue weighted by Gasteiger charge is -2.21. The lowest BCUT2D eigenvalue weighted by molar-refractivity contribution is -0.115. The first-order chi connectivity index (χ1) is 12.6. The van der Waals surface area contributed by atoms with E-state index >= 15 is 0 Å². The molecule has 2 amide bonds. The molecule has 0 spiro atoms. The molecule has 0 heterocycles. The van der Waals surface area contributed by atoms with Crippen molar-refractivity contribution in [3.63, 3.8) is 0 Å². The van der Waals surface area contributed by atoms with Crippen molar-refractivity contribution in [3.05, 3.63) is 29.8 Å². The Labute approximate surface area is 157 Å². The molecule has 1 aromatic carbocycles. The van der Waals surface area contributed by atoms with Gasteiger partial charge in [0.05, 0.1) is 6.54 Å². The van der Waals surface area contributed by atoms with Gasteiger partial charge in [-0.3, -0.25) is 9.59 Å². The van der Waals surface area contributed by atoms with Crippen molar-refractivity contribution in [2.75, 3.05) is 25.0 Å². The molecule has 1 aliphatic rings. The topological polar surface area (TPSA) is 61.4 Å². The van der Waals surface area contributed by atoms with E-state index in [1.807, 2.05) is 26.0 Å². The van der Waals surface area contributed by atoms with Gasteiger partial charge in [-0.1, -0.05) is 38.2 Å². The Bertz CT molecular complexity index is 576. The van der Waals surface area contributed by atoms with E-state index in [0.717, 1.165) is 12.8 Å². The number of benzene rings is 1. The summed E-state index contributed by atoms with van der Waals surface area (Å²) >= 11 is 0. The first kappa shape index (κ1) is 20.4. The van der Waals surface area contributed by atoms with Gasteiger partial charge in [-0.2, -0.15) is 0 Å². The lowest BCUT2D eigenvalue weighted by atomic mass is 9.97. The van der Waals surface area contributed by atoms with Crippen LogP contribution in [0, 0.1) is 0 Å². The summed E-state index contributed by atoms with van der Waals surface area (Å²) in [6, 6.07) is 7.63. The fraction of sp³-hybridized carbons (Fsp3) is 0.619. The van der Waals surface area contributed by atoms with Crippen molar-refractivity contribution in [2.45, 2.75) is 64.8 Å². The number of rotatable bonds is 7. The number of amides is 2. The highest BCUT2D eigenvalue weighted by molar-refractivity contribution is 5.97. The second-order valence-electron chi connectivity index (χ2n) is 7.03. The maximum absolute atomic E-state index is 12.4. The third-order valence-electron chi connectivity index (χ3n) is 5.10. The minimum absolute atomic E-state index is 0.00116. The molecule has 5 heteroatoms. The van der Waals surface area contributed by atoms with E-state index < -0.39 is 0 Å². The first-order valence-electron chi connectivity index (χ1n) is 10.1. The Morgan fingerprint density at radius 3 is 2.35 bits per heavy atom. The maximum atomic E-state index is 12.4. The fourth-order valence-corrected chi connectivity index (χ4v) is 3.53. The number of anilines is 1. The van der Waals surface area contributed by atoms with E-state index in [0.29, 0.717) is 36.9 Å². The smallest absolute Gasteiger partial charge is 0.253 e. The summed E-state index contributed by atoms with van der Waals surface area (Å²) in [5, 5.41) is 6.30. The molecule has 0 bridgehead atoms. The number of nitrogens with one attached hydrogen (secondary N) is 2. The Morgan fingerprint density at radius 2 is 1.69 bits per heavy atom. The Kier molecular flexibility index (Phi) is 8.62. The van der Waals surface area contributed by atoms with Crippen molar-refractivity contribution >= 4 is 17.5 Å². The summed E-state index contributed by atoms with van der Waals surface area (Å²) in [7, 11) is 0. The second kappa shape index (κ2) is 11.0. The van der Waals surface area contributed by atoms with Crippen LogP contribution in [0.4, 0.5) is 5.69 Å². The van der Waals surface area contributed by atoms with Gasteiger partial charge in [0.25, 0.3) is 5.91 Å². The Hall–Kier alpha value is -1.88. The number of carbonyl (C=O) groups excluding carboxylic acids is 2. The van der Waals surface area contributed by atoms with Gasteiger partial charge in [-0.15, -0.1) is 0 Å². The molecule has 2 rings (SSSR count). The summed E-state index contributed by atoms with van der Waals surface area (Å²) in [6.07, 6.45) is 8.75. The standard InChI is InChI=1S/C21H33N3O2/c1-3-24(4-2)21(26)17-11-10-14-19(15-17)23-20(25)16-22-18-12-8-6-5-7-9-13-18/h10-11,14-15,18,22H,3-9,12-13,16H2,1-2H3,(H,23,25). The van der Waals surface area contributed by atoms with E-state index in [4.69, 9.17) is 0 Å². The summed E-state index contributed by atoms with van der Waals surface area (Å²) in [5.74, 6) is -0.0572. The van der Waals surface area contributed by atoms with Gasteiger partial charge in [0.1, 0.15) is 0 Å².